The van der Waals surface area contributed by atoms with Crippen molar-refractivity contribution in [2.24, 2.45) is 0 Å². The molecule has 2 aromatic heterocycles. The summed E-state index contributed by atoms with van der Waals surface area (Å²) in [4.78, 5) is 33.5. The van der Waals surface area contributed by atoms with Gasteiger partial charge < -0.3 is 14.8 Å². The number of esters is 1. The monoisotopic (exact) mass is 498 g/mol. The first-order valence-corrected chi connectivity index (χ1v) is 10.7. The first-order chi connectivity index (χ1) is 17.2. The number of benzene rings is 2. The zero-order valence-corrected chi connectivity index (χ0v) is 19.3. The van der Waals surface area contributed by atoms with Crippen molar-refractivity contribution < 1.29 is 27.4 Å². The van der Waals surface area contributed by atoms with Gasteiger partial charge in [0.15, 0.2) is 0 Å². The van der Waals surface area contributed by atoms with E-state index in [0.29, 0.717) is 28.0 Å². The van der Waals surface area contributed by atoms with Gasteiger partial charge in [-0.05, 0) is 35.4 Å². The van der Waals surface area contributed by atoms with Crippen LogP contribution in [0.5, 0.6) is 5.75 Å². The Labute approximate surface area is 203 Å². The molecule has 4 aromatic rings. The van der Waals surface area contributed by atoms with Crippen LogP contribution in [0.1, 0.15) is 5.56 Å². The van der Waals surface area contributed by atoms with E-state index in [0.717, 1.165) is 0 Å². The summed E-state index contributed by atoms with van der Waals surface area (Å²) >= 11 is 0. The average Bonchev–Trinajstić information content (AvgIpc) is 2.87. The lowest BCUT2D eigenvalue weighted by Crippen LogP contribution is -2.23. The summed E-state index contributed by atoms with van der Waals surface area (Å²) in [6.07, 6.45) is -1.53. The second-order valence-corrected chi connectivity index (χ2v) is 7.79. The number of ether oxygens (including phenoxy) is 2. The summed E-state index contributed by atoms with van der Waals surface area (Å²) in [7, 11) is 2.82. The number of anilines is 1. The van der Waals surface area contributed by atoms with Crippen LogP contribution >= 0.6 is 0 Å². The van der Waals surface area contributed by atoms with Crippen molar-refractivity contribution in [3.8, 4) is 22.6 Å². The fraction of sp³-hybridized carbons (Fsp3) is 0.200. The minimum Gasteiger partial charge on any atom is -0.497 e. The average molecular weight is 498 g/mol. The molecule has 11 heteroatoms. The van der Waals surface area contributed by atoms with E-state index in [1.807, 2.05) is 0 Å². The van der Waals surface area contributed by atoms with Gasteiger partial charge in [-0.15, -0.1) is 0 Å². The van der Waals surface area contributed by atoms with Crippen LogP contribution in [0.3, 0.4) is 0 Å². The van der Waals surface area contributed by atoms with Gasteiger partial charge in [-0.1, -0.05) is 24.3 Å². The van der Waals surface area contributed by atoms with Gasteiger partial charge in [0, 0.05) is 23.5 Å². The Kier molecular flexibility index (Phi) is 6.91. The maximum atomic E-state index is 13.7. The number of fused-ring (bicyclic) bond motifs is 1. The largest absolute Gasteiger partial charge is 0.497 e. The zero-order valence-electron chi connectivity index (χ0n) is 19.3. The molecule has 36 heavy (non-hydrogen) atoms. The summed E-state index contributed by atoms with van der Waals surface area (Å²) in [5.74, 6) is -0.0643. The maximum Gasteiger partial charge on any atom is 0.405 e. The van der Waals surface area contributed by atoms with Crippen LogP contribution in [0.4, 0.5) is 19.1 Å². The van der Waals surface area contributed by atoms with Crippen molar-refractivity contribution in [3.63, 3.8) is 0 Å². The number of hydrogen-bond acceptors (Lipinski definition) is 7. The van der Waals surface area contributed by atoms with Crippen molar-refractivity contribution >= 4 is 22.8 Å². The lowest BCUT2D eigenvalue weighted by molar-refractivity contribution is -0.139. The third-order valence-corrected chi connectivity index (χ3v) is 5.37. The van der Waals surface area contributed by atoms with Gasteiger partial charge in [0.2, 0.25) is 5.95 Å². The molecule has 0 amide bonds. The zero-order chi connectivity index (χ0) is 25.9. The van der Waals surface area contributed by atoms with Crippen LogP contribution in [0, 0.1) is 0 Å². The van der Waals surface area contributed by atoms with E-state index in [-0.39, 0.29) is 23.4 Å². The quantitative estimate of drug-likeness (QED) is 0.383. The van der Waals surface area contributed by atoms with E-state index in [9.17, 15) is 22.8 Å². The Morgan fingerprint density at radius 2 is 1.75 bits per heavy atom. The van der Waals surface area contributed by atoms with E-state index >= 15 is 0 Å². The molecule has 0 aliphatic heterocycles. The second kappa shape index (κ2) is 10.1. The van der Waals surface area contributed by atoms with Gasteiger partial charge in [-0.2, -0.15) is 13.2 Å². The number of methoxy groups -OCH3 is 2. The number of hydrogen-bond donors (Lipinski definition) is 1. The molecule has 4 rings (SSSR count). The standard InChI is InChI=1S/C25H21F3N4O4/c1-35-19-9-7-18(8-10-19)32-13-17-12-29-24(30-14-25(26,27)28)31-22(17)21(23(32)34)16-5-3-15(4-6-16)11-20(33)36-2/h3-10,12-13H,11,14H2,1-2H3,(H,30,31). The molecule has 0 aliphatic rings. The Balaban J connectivity index is 1.87. The molecule has 0 bridgehead atoms. The predicted molar refractivity (Wildman–Crippen MR) is 127 cm³/mol. The fourth-order valence-electron chi connectivity index (χ4n) is 3.59. The number of nitrogens with zero attached hydrogens (tertiary/aromatic N) is 3. The Hall–Kier alpha value is -4.41. The van der Waals surface area contributed by atoms with E-state index in [4.69, 9.17) is 4.74 Å². The van der Waals surface area contributed by atoms with Gasteiger partial charge in [0.25, 0.3) is 5.56 Å². The maximum absolute atomic E-state index is 13.7. The van der Waals surface area contributed by atoms with E-state index < -0.39 is 24.2 Å². The number of rotatable bonds is 7. The van der Waals surface area contributed by atoms with Crippen molar-refractivity contribution in [1.29, 1.82) is 0 Å². The molecule has 2 heterocycles. The fourth-order valence-corrected chi connectivity index (χ4v) is 3.59. The van der Waals surface area contributed by atoms with Crippen molar-refractivity contribution in [2.75, 3.05) is 26.1 Å². The van der Waals surface area contributed by atoms with Crippen LogP contribution in [0.25, 0.3) is 27.7 Å². The summed E-state index contributed by atoms with van der Waals surface area (Å²) in [5, 5.41) is 2.59. The molecule has 0 aliphatic carbocycles. The third-order valence-electron chi connectivity index (χ3n) is 5.37. The molecule has 0 atom stereocenters. The highest BCUT2D eigenvalue weighted by Crippen LogP contribution is 2.27. The molecule has 0 radical (unpaired) electrons. The Bertz CT molecular complexity index is 1450. The number of alkyl halides is 3. The van der Waals surface area contributed by atoms with Crippen LogP contribution in [-0.4, -0.2) is 47.4 Å². The predicted octanol–water partition coefficient (Wildman–Crippen LogP) is 4.15. The van der Waals surface area contributed by atoms with Gasteiger partial charge in [-0.3, -0.25) is 14.2 Å². The molecule has 8 nitrogen and oxygen atoms in total. The molecule has 1 N–H and O–H groups in total. The summed E-state index contributed by atoms with van der Waals surface area (Å²) in [6, 6.07) is 13.5. The van der Waals surface area contributed by atoms with Crippen molar-refractivity contribution in [3.05, 3.63) is 76.8 Å². The second-order valence-electron chi connectivity index (χ2n) is 7.79. The Morgan fingerprint density at radius 1 is 1.06 bits per heavy atom. The molecule has 186 valence electrons. The topological polar surface area (TPSA) is 95.3 Å². The van der Waals surface area contributed by atoms with E-state index in [2.05, 4.69) is 20.0 Å². The minimum absolute atomic E-state index is 0.0517. The molecule has 0 spiro atoms. The molecular weight excluding hydrogens is 477 g/mol. The van der Waals surface area contributed by atoms with Crippen LogP contribution in [0.2, 0.25) is 0 Å². The minimum atomic E-state index is -4.46. The van der Waals surface area contributed by atoms with Crippen LogP contribution < -0.4 is 15.6 Å². The van der Waals surface area contributed by atoms with Gasteiger partial charge in [-0.25, -0.2) is 9.97 Å². The molecule has 0 fully saturated rings. The normalized spacial score (nSPS) is 11.4. The smallest absolute Gasteiger partial charge is 0.405 e. The number of aromatic nitrogens is 3. The molecule has 0 saturated carbocycles. The molecule has 0 saturated heterocycles. The SMILES string of the molecule is COC(=O)Cc1ccc(-c2c(=O)n(-c3ccc(OC)cc3)cc3cnc(NCC(F)(F)F)nc23)cc1. The summed E-state index contributed by atoms with van der Waals surface area (Å²) < 4.78 is 49.4. The van der Waals surface area contributed by atoms with E-state index in [1.54, 1.807) is 48.5 Å². The highest BCUT2D eigenvalue weighted by molar-refractivity contribution is 5.93. The van der Waals surface area contributed by atoms with E-state index in [1.165, 1.54) is 31.2 Å². The van der Waals surface area contributed by atoms with Crippen LogP contribution in [0.15, 0.2) is 65.7 Å². The van der Waals surface area contributed by atoms with Gasteiger partial charge in [0.05, 0.1) is 31.7 Å². The Morgan fingerprint density at radius 3 is 2.36 bits per heavy atom. The number of halogens is 3. The van der Waals surface area contributed by atoms with Crippen molar-refractivity contribution in [1.82, 2.24) is 14.5 Å². The molecular formula is C25H21F3N4O4. The van der Waals surface area contributed by atoms with Crippen LogP contribution in [-0.2, 0) is 16.0 Å². The first kappa shape index (κ1) is 24.7. The molecule has 0 unspecified atom stereocenters. The van der Waals surface area contributed by atoms with Gasteiger partial charge >= 0.3 is 12.1 Å². The lowest BCUT2D eigenvalue weighted by atomic mass is 10.0. The first-order valence-electron chi connectivity index (χ1n) is 10.7. The summed E-state index contributed by atoms with van der Waals surface area (Å²) in [6.45, 7) is -1.32. The highest BCUT2D eigenvalue weighted by Gasteiger charge is 2.27. The highest BCUT2D eigenvalue weighted by atomic mass is 19.4. The third kappa shape index (κ3) is 5.45. The lowest BCUT2D eigenvalue weighted by Gasteiger charge is -2.14. The number of carbonyl (C=O) groups is 1. The number of pyridine rings is 1. The van der Waals surface area contributed by atoms with Crippen molar-refractivity contribution in [2.45, 2.75) is 12.6 Å². The number of nitrogens with one attached hydrogen (secondary N) is 1. The number of carbonyl (C=O) groups excluding carboxylic acids is 1. The van der Waals surface area contributed by atoms with Gasteiger partial charge in [0.1, 0.15) is 12.3 Å². The molecule has 2 aromatic carbocycles. The summed E-state index contributed by atoms with van der Waals surface area (Å²) in [5.41, 5.74) is 1.61.